The number of halogens is 5. The number of rotatable bonds is 14. The normalized spacial score (nSPS) is 10.1. The van der Waals surface area contributed by atoms with Gasteiger partial charge in [-0.15, -0.1) is 20.4 Å². The first-order valence-corrected chi connectivity index (χ1v) is 19.4. The second kappa shape index (κ2) is 21.9. The van der Waals surface area contributed by atoms with Crippen LogP contribution in [0.3, 0.4) is 0 Å². The number of benzene rings is 4. The maximum Gasteiger partial charge on any atom is 0.249 e. The standard InChI is InChI=1S/C20H14Cl3N7O.C20H15Cl2N7O/c1-31-14-9-12(3-2-8-24)15(21)16(22)17(14)27-20-28-19(18(23)29-30-20)26-13-6-4-11(10-25)5-7-13;1-30-16-10-13(3-2-8-23)9-15(21)17(16)26-20-27-19(18(22)28-29-20)25-14-6-4-12(11-24)5-7-14/h4-7,9H,2-3H2,1H3,(H2,26,27,28,30);4-7,9-10H,2-3H2,1H3,(H2,25,26,27,29). The summed E-state index contributed by atoms with van der Waals surface area (Å²) in [6, 6.07) is 27.1. The van der Waals surface area contributed by atoms with Crippen molar-refractivity contribution in [2.24, 2.45) is 0 Å². The minimum absolute atomic E-state index is 0.0536. The molecule has 0 unspecified atom stereocenters. The Hall–Kier alpha value is -6.89. The summed E-state index contributed by atoms with van der Waals surface area (Å²) in [6.45, 7) is 0. The highest BCUT2D eigenvalue weighted by Crippen LogP contribution is 2.42. The van der Waals surface area contributed by atoms with Crippen LogP contribution in [0.1, 0.15) is 35.1 Å². The van der Waals surface area contributed by atoms with Crippen LogP contribution in [0.5, 0.6) is 11.5 Å². The van der Waals surface area contributed by atoms with Crippen molar-refractivity contribution in [1.82, 2.24) is 30.4 Å². The Morgan fingerprint density at radius 3 is 1.51 bits per heavy atom. The number of hydrogen-bond donors (Lipinski definition) is 4. The monoisotopic (exact) mass is 912 g/mol. The molecule has 0 atom stereocenters. The van der Waals surface area contributed by atoms with E-state index in [1.165, 1.54) is 14.2 Å². The first-order valence-electron chi connectivity index (χ1n) is 17.5. The van der Waals surface area contributed by atoms with Crippen LogP contribution in [-0.2, 0) is 12.8 Å². The van der Waals surface area contributed by atoms with Gasteiger partial charge >= 0.3 is 0 Å². The van der Waals surface area contributed by atoms with Crippen molar-refractivity contribution >= 4 is 104 Å². The van der Waals surface area contributed by atoms with Crippen LogP contribution in [0.2, 0.25) is 25.4 Å². The molecule has 0 fully saturated rings. The van der Waals surface area contributed by atoms with Gasteiger partial charge < -0.3 is 30.7 Å². The highest BCUT2D eigenvalue weighted by atomic mass is 35.5. The maximum absolute atomic E-state index is 8.91. The van der Waals surface area contributed by atoms with E-state index in [1.807, 2.05) is 6.07 Å². The zero-order chi connectivity index (χ0) is 43.9. The summed E-state index contributed by atoms with van der Waals surface area (Å²) in [7, 11) is 3.00. The molecule has 6 aromatic rings. The number of nitrogens with zero attached hydrogens (tertiary/aromatic N) is 10. The SMILES string of the molecule is COc1cc(CCC#N)c(Cl)c(Cl)c1Nc1nnc(Cl)c(Nc2ccc(C#N)cc2)n1.COc1cc(CCC#N)cc(Cl)c1Nc1nnc(Cl)c(Nc2ccc(C#N)cc2)n1. The van der Waals surface area contributed by atoms with Gasteiger partial charge in [-0.05, 0) is 90.7 Å². The lowest BCUT2D eigenvalue weighted by molar-refractivity contribution is 0.416. The van der Waals surface area contributed by atoms with Crippen molar-refractivity contribution in [1.29, 1.82) is 21.0 Å². The largest absolute Gasteiger partial charge is 0.495 e. The van der Waals surface area contributed by atoms with Crippen molar-refractivity contribution in [3.05, 3.63) is 114 Å². The molecule has 2 aromatic heterocycles. The van der Waals surface area contributed by atoms with Crippen molar-refractivity contribution in [2.75, 3.05) is 35.5 Å². The van der Waals surface area contributed by atoms with Crippen LogP contribution >= 0.6 is 58.0 Å². The number of nitriles is 4. The van der Waals surface area contributed by atoms with E-state index in [4.69, 9.17) is 88.5 Å². The van der Waals surface area contributed by atoms with Gasteiger partial charge in [0, 0.05) is 24.2 Å². The average Bonchev–Trinajstić information content (AvgIpc) is 3.27. The molecule has 306 valence electrons. The van der Waals surface area contributed by atoms with Crippen LogP contribution in [0.15, 0.2) is 66.7 Å². The van der Waals surface area contributed by atoms with Gasteiger partial charge in [0.2, 0.25) is 11.9 Å². The Morgan fingerprint density at radius 2 is 1.03 bits per heavy atom. The average molecular weight is 915 g/mol. The van der Waals surface area contributed by atoms with E-state index in [0.717, 1.165) is 5.56 Å². The van der Waals surface area contributed by atoms with Gasteiger partial charge in [0.25, 0.3) is 0 Å². The number of methoxy groups -OCH3 is 2. The Kier molecular flexibility index (Phi) is 16.2. The Labute approximate surface area is 374 Å². The number of nitrogens with one attached hydrogen (secondary N) is 4. The zero-order valence-corrected chi connectivity index (χ0v) is 35.6. The van der Waals surface area contributed by atoms with Crippen molar-refractivity contribution < 1.29 is 9.47 Å². The van der Waals surface area contributed by atoms with E-state index >= 15 is 0 Å². The number of anilines is 8. The molecule has 0 bridgehead atoms. The van der Waals surface area contributed by atoms with Crippen molar-refractivity contribution in [3.8, 4) is 35.8 Å². The van der Waals surface area contributed by atoms with Gasteiger partial charge in [-0.2, -0.15) is 31.0 Å². The summed E-state index contributed by atoms with van der Waals surface area (Å²) in [5.41, 5.74) is 4.78. The predicted octanol–water partition coefficient (Wildman–Crippen LogP) is 10.7. The second-order valence-corrected chi connectivity index (χ2v) is 14.0. The van der Waals surface area contributed by atoms with Crippen molar-refractivity contribution in [2.45, 2.75) is 25.7 Å². The molecule has 0 saturated heterocycles. The van der Waals surface area contributed by atoms with Gasteiger partial charge in [-0.25, -0.2) is 0 Å². The van der Waals surface area contributed by atoms with E-state index in [1.54, 1.807) is 66.7 Å². The molecule has 0 aliphatic rings. The highest BCUT2D eigenvalue weighted by molar-refractivity contribution is 6.44. The molecule has 21 heteroatoms. The van der Waals surface area contributed by atoms with Crippen molar-refractivity contribution in [3.63, 3.8) is 0 Å². The first kappa shape index (κ1) is 45.2. The lowest BCUT2D eigenvalue weighted by atomic mass is 10.1. The number of aromatic nitrogens is 6. The molecule has 0 saturated carbocycles. The molecule has 0 aliphatic heterocycles. The number of hydrogen-bond acceptors (Lipinski definition) is 16. The third kappa shape index (κ3) is 12.1. The van der Waals surface area contributed by atoms with E-state index in [0.29, 0.717) is 86.7 Å². The topological polar surface area (TPSA) is 239 Å². The summed E-state index contributed by atoms with van der Waals surface area (Å²) in [6.07, 6.45) is 1.66. The van der Waals surface area contributed by atoms with Gasteiger partial charge in [0.05, 0.1) is 64.7 Å². The molecular formula is C40H29Cl5N14O2. The number of aryl methyl sites for hydroxylation is 2. The molecule has 4 N–H and O–H groups in total. The third-order valence-electron chi connectivity index (χ3n) is 8.15. The van der Waals surface area contributed by atoms with Crippen LogP contribution in [0, 0.1) is 45.3 Å². The third-order valence-corrected chi connectivity index (χ3v) is 9.86. The van der Waals surface area contributed by atoms with Gasteiger partial charge in [0.15, 0.2) is 21.9 Å². The number of ether oxygens (including phenoxy) is 2. The van der Waals surface area contributed by atoms with E-state index in [9.17, 15) is 0 Å². The molecule has 0 spiro atoms. The quantitative estimate of drug-likeness (QED) is 0.0794. The summed E-state index contributed by atoms with van der Waals surface area (Å²) in [4.78, 5) is 8.67. The summed E-state index contributed by atoms with van der Waals surface area (Å²) < 4.78 is 10.8. The minimum atomic E-state index is 0.0536. The first-order chi connectivity index (χ1) is 29.5. The lowest BCUT2D eigenvalue weighted by Gasteiger charge is -2.16. The smallest absolute Gasteiger partial charge is 0.249 e. The maximum atomic E-state index is 8.91. The lowest BCUT2D eigenvalue weighted by Crippen LogP contribution is -2.06. The highest BCUT2D eigenvalue weighted by Gasteiger charge is 2.19. The molecule has 0 aliphatic carbocycles. The van der Waals surface area contributed by atoms with Gasteiger partial charge in [-0.1, -0.05) is 58.0 Å². The molecule has 0 radical (unpaired) electrons. The van der Waals surface area contributed by atoms with E-state index < -0.39 is 0 Å². The summed E-state index contributed by atoms with van der Waals surface area (Å²) >= 11 is 31.4. The van der Waals surface area contributed by atoms with Crippen LogP contribution < -0.4 is 30.7 Å². The van der Waals surface area contributed by atoms with Crippen LogP contribution in [0.25, 0.3) is 0 Å². The summed E-state index contributed by atoms with van der Waals surface area (Å²) in [5, 5.41) is 64.1. The van der Waals surface area contributed by atoms with Gasteiger partial charge in [0.1, 0.15) is 22.9 Å². The molecule has 6 rings (SSSR count). The Balaban J connectivity index is 0.000000231. The van der Waals surface area contributed by atoms with Crippen LogP contribution in [0.4, 0.5) is 46.3 Å². The second-order valence-electron chi connectivity index (χ2n) is 12.1. The molecule has 4 aromatic carbocycles. The van der Waals surface area contributed by atoms with E-state index in [-0.39, 0.29) is 38.9 Å². The minimum Gasteiger partial charge on any atom is -0.495 e. The molecule has 0 amide bonds. The fourth-order valence-electron chi connectivity index (χ4n) is 5.21. The summed E-state index contributed by atoms with van der Waals surface area (Å²) in [5.74, 6) is 1.66. The Bertz CT molecular complexity index is 2700. The predicted molar refractivity (Wildman–Crippen MR) is 234 cm³/mol. The molecule has 16 nitrogen and oxygen atoms in total. The zero-order valence-electron chi connectivity index (χ0n) is 31.9. The molecule has 2 heterocycles. The molecule has 61 heavy (non-hydrogen) atoms. The fraction of sp³-hybridized carbons (Fsp3) is 0.150. The molecular weight excluding hydrogens is 886 g/mol. The Morgan fingerprint density at radius 1 is 0.557 bits per heavy atom. The van der Waals surface area contributed by atoms with Gasteiger partial charge in [-0.3, -0.25) is 0 Å². The van der Waals surface area contributed by atoms with E-state index in [2.05, 4.69) is 69.8 Å². The fourth-order valence-corrected chi connectivity index (χ4v) is 6.25. The van der Waals surface area contributed by atoms with Crippen LogP contribution in [-0.4, -0.2) is 44.6 Å².